The van der Waals surface area contributed by atoms with Gasteiger partial charge in [-0.15, -0.1) is 21.5 Å². The van der Waals surface area contributed by atoms with Crippen molar-refractivity contribution in [2.45, 2.75) is 43.0 Å². The van der Waals surface area contributed by atoms with E-state index >= 15 is 0 Å². The van der Waals surface area contributed by atoms with Crippen molar-refractivity contribution in [3.63, 3.8) is 0 Å². The van der Waals surface area contributed by atoms with Crippen LogP contribution < -0.4 is 10.3 Å². The Bertz CT molecular complexity index is 1550. The Kier molecular flexibility index (Phi) is 5.42. The molecular formula is C26H24N4O2S2. The van der Waals surface area contributed by atoms with Crippen molar-refractivity contribution in [1.29, 1.82) is 0 Å². The van der Waals surface area contributed by atoms with Crippen LogP contribution in [0.2, 0.25) is 0 Å². The van der Waals surface area contributed by atoms with Crippen molar-refractivity contribution in [3.8, 4) is 11.4 Å². The molecule has 0 aliphatic heterocycles. The molecule has 6 rings (SSSR count). The molecule has 0 saturated heterocycles. The molecule has 0 saturated carbocycles. The van der Waals surface area contributed by atoms with E-state index in [9.17, 15) is 4.79 Å². The van der Waals surface area contributed by atoms with E-state index in [0.29, 0.717) is 11.7 Å². The van der Waals surface area contributed by atoms with E-state index in [1.165, 1.54) is 16.0 Å². The summed E-state index contributed by atoms with van der Waals surface area (Å²) < 4.78 is 9.09. The highest BCUT2D eigenvalue weighted by atomic mass is 32.2. The van der Waals surface area contributed by atoms with Crippen LogP contribution in [-0.4, -0.2) is 26.3 Å². The highest BCUT2D eigenvalue weighted by Crippen LogP contribution is 2.42. The fourth-order valence-corrected chi connectivity index (χ4v) is 7.22. The van der Waals surface area contributed by atoms with E-state index < -0.39 is 0 Å². The average Bonchev–Trinajstić information content (AvgIpc) is 3.46. The minimum atomic E-state index is -0.000876. The Morgan fingerprint density at radius 1 is 1.12 bits per heavy atom. The molecule has 3 aromatic heterocycles. The first kappa shape index (κ1) is 21.4. The Morgan fingerprint density at radius 3 is 2.68 bits per heavy atom. The quantitative estimate of drug-likeness (QED) is 0.291. The number of ether oxygens (including phenoxy) is 1. The minimum absolute atomic E-state index is 0.000876. The number of benzene rings is 2. The van der Waals surface area contributed by atoms with E-state index in [1.807, 2.05) is 42.5 Å². The van der Waals surface area contributed by atoms with Crippen LogP contribution in [0.15, 0.2) is 64.5 Å². The normalized spacial score (nSPS) is 15.6. The second kappa shape index (κ2) is 8.60. The van der Waals surface area contributed by atoms with Gasteiger partial charge in [-0.2, -0.15) is 0 Å². The number of methoxy groups -OCH3 is 1. The third-order valence-corrected chi connectivity index (χ3v) is 8.77. The molecule has 34 heavy (non-hydrogen) atoms. The van der Waals surface area contributed by atoms with Crippen molar-refractivity contribution >= 4 is 39.1 Å². The number of hydrogen-bond donors (Lipinski definition) is 0. The van der Waals surface area contributed by atoms with Crippen molar-refractivity contribution in [2.24, 2.45) is 0 Å². The lowest BCUT2D eigenvalue weighted by molar-refractivity contribution is 0.414. The second-order valence-corrected chi connectivity index (χ2v) is 10.7. The van der Waals surface area contributed by atoms with E-state index in [4.69, 9.17) is 4.74 Å². The summed E-state index contributed by atoms with van der Waals surface area (Å²) in [6, 6.07) is 17.8. The second-order valence-electron chi connectivity index (χ2n) is 8.64. The smallest absolute Gasteiger partial charge is 0.268 e. The van der Waals surface area contributed by atoms with Crippen molar-refractivity contribution < 1.29 is 4.74 Å². The summed E-state index contributed by atoms with van der Waals surface area (Å²) in [6.45, 7) is 2.24. The van der Waals surface area contributed by atoms with Crippen molar-refractivity contribution in [2.75, 3.05) is 7.11 Å². The van der Waals surface area contributed by atoms with Gasteiger partial charge < -0.3 is 4.74 Å². The van der Waals surface area contributed by atoms with E-state index in [-0.39, 0.29) is 5.56 Å². The molecule has 8 heteroatoms. The number of aryl methyl sites for hydroxylation is 1. The summed E-state index contributed by atoms with van der Waals surface area (Å²) in [4.78, 5) is 16.2. The molecule has 3 heterocycles. The number of aromatic nitrogens is 4. The van der Waals surface area contributed by atoms with Crippen molar-refractivity contribution in [3.05, 3.63) is 81.0 Å². The van der Waals surface area contributed by atoms with Gasteiger partial charge >= 0.3 is 0 Å². The van der Waals surface area contributed by atoms with Crippen LogP contribution in [0.1, 0.15) is 41.7 Å². The van der Waals surface area contributed by atoms with Crippen LogP contribution in [0.3, 0.4) is 0 Å². The molecule has 0 N–H and O–H groups in total. The fourth-order valence-electron chi connectivity index (χ4n) is 4.82. The molecule has 0 spiro atoms. The molecule has 2 aromatic carbocycles. The molecule has 1 aliphatic rings. The molecule has 0 amide bonds. The lowest BCUT2D eigenvalue weighted by Crippen LogP contribution is -2.22. The maximum atomic E-state index is 13.9. The standard InChI is InChI=1S/C26H24N4O2S2/c1-16-7-6-10-20-21(16)22-23(31)29(18-8-4-3-5-9-18)25-27-28-26(30(25)24(22)34-20)33-15-17-11-13-19(32-2)14-12-17/h3-5,8-9,11-14,16H,6-7,10,15H2,1-2H3/t16-/m1/s1. The van der Waals surface area contributed by atoms with Crippen LogP contribution >= 0.6 is 23.1 Å². The zero-order chi connectivity index (χ0) is 23.2. The largest absolute Gasteiger partial charge is 0.497 e. The first-order valence-electron chi connectivity index (χ1n) is 11.4. The van der Waals surface area contributed by atoms with Gasteiger partial charge in [0.05, 0.1) is 18.2 Å². The molecular weight excluding hydrogens is 464 g/mol. The monoisotopic (exact) mass is 488 g/mol. The highest BCUT2D eigenvalue weighted by Gasteiger charge is 2.28. The number of hydrogen-bond acceptors (Lipinski definition) is 6. The molecule has 172 valence electrons. The van der Waals surface area contributed by atoms with Crippen LogP contribution in [0.25, 0.3) is 21.7 Å². The third kappa shape index (κ3) is 3.44. The van der Waals surface area contributed by atoms with Crippen LogP contribution in [-0.2, 0) is 12.2 Å². The summed E-state index contributed by atoms with van der Waals surface area (Å²) in [7, 11) is 1.67. The van der Waals surface area contributed by atoms with E-state index in [1.54, 1.807) is 34.8 Å². The van der Waals surface area contributed by atoms with Gasteiger partial charge in [-0.3, -0.25) is 4.79 Å². The van der Waals surface area contributed by atoms with Crippen LogP contribution in [0, 0.1) is 0 Å². The van der Waals surface area contributed by atoms with Gasteiger partial charge in [0, 0.05) is 10.6 Å². The molecule has 0 bridgehead atoms. The maximum Gasteiger partial charge on any atom is 0.268 e. The number of para-hydroxylation sites is 1. The van der Waals surface area contributed by atoms with Gasteiger partial charge in [-0.1, -0.05) is 49.0 Å². The SMILES string of the molecule is COc1ccc(CSc2nnc3n(-c4ccccc4)c(=O)c4c5c(sc4n23)CCC[C@H]5C)cc1. The molecule has 0 unspecified atom stereocenters. The lowest BCUT2D eigenvalue weighted by Gasteiger charge is -2.18. The topological polar surface area (TPSA) is 61.4 Å². The zero-order valence-electron chi connectivity index (χ0n) is 19.0. The first-order valence-corrected chi connectivity index (χ1v) is 13.2. The van der Waals surface area contributed by atoms with Gasteiger partial charge in [0.2, 0.25) is 5.78 Å². The Balaban J connectivity index is 1.56. The van der Waals surface area contributed by atoms with Gasteiger partial charge in [0.25, 0.3) is 5.56 Å². The van der Waals surface area contributed by atoms with Gasteiger partial charge in [0.1, 0.15) is 10.6 Å². The summed E-state index contributed by atoms with van der Waals surface area (Å²) in [5, 5.41) is 10.7. The predicted molar refractivity (Wildman–Crippen MR) is 138 cm³/mol. The summed E-state index contributed by atoms with van der Waals surface area (Å²) in [5.74, 6) is 2.53. The first-order chi connectivity index (χ1) is 16.7. The van der Waals surface area contributed by atoms with Crippen LogP contribution in [0.4, 0.5) is 0 Å². The Labute approximate surface area is 205 Å². The molecule has 1 atom stereocenters. The molecule has 0 fully saturated rings. The molecule has 1 aliphatic carbocycles. The summed E-state index contributed by atoms with van der Waals surface area (Å²) in [6.07, 6.45) is 3.31. The predicted octanol–water partition coefficient (Wildman–Crippen LogP) is 5.84. The number of fused-ring (bicyclic) bond motifs is 5. The van der Waals surface area contributed by atoms with Gasteiger partial charge in [-0.05, 0) is 60.6 Å². The number of thiophene rings is 1. The number of rotatable bonds is 5. The fraction of sp³-hybridized carbons (Fsp3) is 0.269. The number of thioether (sulfide) groups is 1. The minimum Gasteiger partial charge on any atom is -0.497 e. The van der Waals surface area contributed by atoms with E-state index in [2.05, 4.69) is 33.7 Å². The number of nitrogens with zero attached hydrogens (tertiary/aromatic N) is 4. The van der Waals surface area contributed by atoms with Gasteiger partial charge in [0.15, 0.2) is 5.16 Å². The van der Waals surface area contributed by atoms with E-state index in [0.717, 1.165) is 51.8 Å². The Hall–Kier alpha value is -3.10. The highest BCUT2D eigenvalue weighted by molar-refractivity contribution is 7.98. The zero-order valence-corrected chi connectivity index (χ0v) is 20.7. The van der Waals surface area contributed by atoms with Crippen molar-refractivity contribution in [1.82, 2.24) is 19.2 Å². The summed E-state index contributed by atoms with van der Waals surface area (Å²) in [5.41, 5.74) is 3.21. The third-order valence-electron chi connectivity index (χ3n) is 6.51. The van der Waals surface area contributed by atoms with Crippen LogP contribution in [0.5, 0.6) is 5.75 Å². The molecule has 0 radical (unpaired) electrons. The van der Waals surface area contributed by atoms with Gasteiger partial charge in [-0.25, -0.2) is 8.97 Å². The molecule has 5 aromatic rings. The lowest BCUT2D eigenvalue weighted by atomic mass is 9.88. The maximum absolute atomic E-state index is 13.9. The Morgan fingerprint density at radius 2 is 1.91 bits per heavy atom. The molecule has 6 nitrogen and oxygen atoms in total. The average molecular weight is 489 g/mol. The summed E-state index contributed by atoms with van der Waals surface area (Å²) >= 11 is 3.37.